The van der Waals surface area contributed by atoms with E-state index in [-0.39, 0.29) is 24.3 Å². The number of benzene rings is 3. The maximum atomic E-state index is 13.4. The van der Waals surface area contributed by atoms with Gasteiger partial charge in [0.15, 0.2) is 0 Å². The molecule has 2 aliphatic heterocycles. The van der Waals surface area contributed by atoms with Gasteiger partial charge in [0.1, 0.15) is 12.7 Å². The van der Waals surface area contributed by atoms with E-state index in [1.165, 1.54) is 4.90 Å². The van der Waals surface area contributed by atoms with Crippen LogP contribution in [0.2, 0.25) is 0 Å². The Kier molecular flexibility index (Phi) is 4.69. The topological polar surface area (TPSA) is 85.5 Å². The normalized spacial score (nSPS) is 16.4. The van der Waals surface area contributed by atoms with E-state index in [0.717, 1.165) is 22.0 Å². The molecule has 0 bridgehead atoms. The molecule has 0 saturated heterocycles. The highest BCUT2D eigenvalue weighted by Gasteiger charge is 2.47. The van der Waals surface area contributed by atoms with Crippen LogP contribution >= 0.6 is 0 Å². The SMILES string of the molecule is O=C(CN1C(=O)c2ccccc2N2C(=O)c3ccccc3[C@H]12)NCCc1c[nH]c2ccccc12. The molecule has 1 aromatic heterocycles. The first-order valence-electron chi connectivity index (χ1n) is 11.3. The lowest BCUT2D eigenvalue weighted by Gasteiger charge is -2.40. The van der Waals surface area contributed by atoms with E-state index in [9.17, 15) is 14.4 Å². The molecule has 2 N–H and O–H groups in total. The fraction of sp³-hybridized carbons (Fsp3) is 0.148. The molecule has 7 nitrogen and oxygen atoms in total. The van der Waals surface area contributed by atoms with Gasteiger partial charge in [-0.1, -0.05) is 48.5 Å². The monoisotopic (exact) mass is 450 g/mol. The lowest BCUT2D eigenvalue weighted by atomic mass is 10.0. The largest absolute Gasteiger partial charge is 0.361 e. The van der Waals surface area contributed by atoms with Crippen molar-refractivity contribution in [3.8, 4) is 0 Å². The van der Waals surface area contributed by atoms with Crippen molar-refractivity contribution in [2.45, 2.75) is 12.6 Å². The molecule has 0 aliphatic carbocycles. The fourth-order valence-corrected chi connectivity index (χ4v) is 5.02. The Balaban J connectivity index is 1.23. The molecule has 3 heterocycles. The van der Waals surface area contributed by atoms with E-state index in [2.05, 4.69) is 16.4 Å². The van der Waals surface area contributed by atoms with Crippen molar-refractivity contribution in [1.82, 2.24) is 15.2 Å². The van der Waals surface area contributed by atoms with E-state index in [0.29, 0.717) is 29.8 Å². The van der Waals surface area contributed by atoms with Gasteiger partial charge in [-0.3, -0.25) is 19.3 Å². The Morgan fingerprint density at radius 3 is 2.50 bits per heavy atom. The van der Waals surface area contributed by atoms with Crippen LogP contribution in [-0.2, 0) is 11.2 Å². The van der Waals surface area contributed by atoms with Crippen molar-refractivity contribution in [2.75, 3.05) is 18.0 Å². The van der Waals surface area contributed by atoms with Gasteiger partial charge in [-0.25, -0.2) is 0 Å². The summed E-state index contributed by atoms with van der Waals surface area (Å²) >= 11 is 0. The summed E-state index contributed by atoms with van der Waals surface area (Å²) in [5.41, 5.74) is 4.48. The maximum absolute atomic E-state index is 13.4. The molecule has 0 spiro atoms. The van der Waals surface area contributed by atoms with Gasteiger partial charge < -0.3 is 15.2 Å². The van der Waals surface area contributed by atoms with Crippen molar-refractivity contribution in [2.24, 2.45) is 0 Å². The minimum absolute atomic E-state index is 0.135. The second-order valence-corrected chi connectivity index (χ2v) is 8.55. The summed E-state index contributed by atoms with van der Waals surface area (Å²) in [6.07, 6.45) is 2.00. The molecule has 1 atom stereocenters. The zero-order valence-corrected chi connectivity index (χ0v) is 18.3. The summed E-state index contributed by atoms with van der Waals surface area (Å²) < 4.78 is 0. The van der Waals surface area contributed by atoms with Gasteiger partial charge in [0.25, 0.3) is 11.8 Å². The standard InChI is InChI=1S/C27H22N4O3/c32-24(28-14-13-17-15-29-22-11-5-3-7-18(17)22)16-30-25-19-8-1-2-9-20(19)27(34)31(25)23-12-6-4-10-21(23)26(30)33/h1-12,15,25,29H,13-14,16H2,(H,28,32)/t25-/m1/s1. The van der Waals surface area contributed by atoms with Crippen molar-refractivity contribution >= 4 is 34.3 Å². The molecule has 34 heavy (non-hydrogen) atoms. The Bertz CT molecular complexity index is 1460. The van der Waals surface area contributed by atoms with Crippen LogP contribution in [0.4, 0.5) is 5.69 Å². The number of H-pyrrole nitrogens is 1. The third-order valence-electron chi connectivity index (χ3n) is 6.59. The highest BCUT2D eigenvalue weighted by Crippen LogP contribution is 2.44. The number of para-hydroxylation sites is 2. The molecule has 7 heteroatoms. The van der Waals surface area contributed by atoms with Crippen LogP contribution in [0, 0.1) is 0 Å². The number of rotatable bonds is 5. The third kappa shape index (κ3) is 3.08. The number of hydrogen-bond donors (Lipinski definition) is 2. The van der Waals surface area contributed by atoms with Gasteiger partial charge in [-0.15, -0.1) is 0 Å². The molecular weight excluding hydrogens is 428 g/mol. The van der Waals surface area contributed by atoms with Gasteiger partial charge in [0, 0.05) is 34.8 Å². The van der Waals surface area contributed by atoms with Gasteiger partial charge >= 0.3 is 0 Å². The average Bonchev–Trinajstić information content (AvgIpc) is 3.41. The number of aromatic nitrogens is 1. The summed E-state index contributed by atoms with van der Waals surface area (Å²) in [4.78, 5) is 45.9. The molecule has 4 aromatic rings. The molecule has 0 saturated carbocycles. The van der Waals surface area contributed by atoms with Crippen molar-refractivity contribution in [3.05, 3.63) is 101 Å². The zero-order chi connectivity index (χ0) is 23.2. The molecular formula is C27H22N4O3. The molecule has 0 unspecified atom stereocenters. The number of nitrogens with zero attached hydrogens (tertiary/aromatic N) is 2. The van der Waals surface area contributed by atoms with Crippen LogP contribution in [0.5, 0.6) is 0 Å². The van der Waals surface area contributed by atoms with Crippen LogP contribution in [0.25, 0.3) is 10.9 Å². The average molecular weight is 450 g/mol. The number of hydrogen-bond acceptors (Lipinski definition) is 3. The van der Waals surface area contributed by atoms with Crippen LogP contribution in [0.3, 0.4) is 0 Å². The summed E-state index contributed by atoms with van der Waals surface area (Å²) in [6, 6.07) is 22.4. The summed E-state index contributed by atoms with van der Waals surface area (Å²) in [6.45, 7) is 0.313. The number of nitrogens with one attached hydrogen (secondary N) is 2. The van der Waals surface area contributed by atoms with Crippen molar-refractivity contribution in [3.63, 3.8) is 0 Å². The molecule has 3 amide bonds. The minimum atomic E-state index is -0.634. The van der Waals surface area contributed by atoms with Gasteiger partial charge in [-0.2, -0.15) is 0 Å². The minimum Gasteiger partial charge on any atom is -0.361 e. The molecule has 6 rings (SSSR count). The first-order valence-corrected chi connectivity index (χ1v) is 11.3. The van der Waals surface area contributed by atoms with Crippen molar-refractivity contribution < 1.29 is 14.4 Å². The lowest BCUT2D eigenvalue weighted by Crippen LogP contribution is -2.51. The fourth-order valence-electron chi connectivity index (χ4n) is 5.02. The second-order valence-electron chi connectivity index (χ2n) is 8.55. The summed E-state index contributed by atoms with van der Waals surface area (Å²) in [5.74, 6) is -0.678. The Morgan fingerprint density at radius 1 is 0.882 bits per heavy atom. The highest BCUT2D eigenvalue weighted by molar-refractivity contribution is 6.17. The number of anilines is 1. The van der Waals surface area contributed by atoms with Gasteiger partial charge in [0.2, 0.25) is 5.91 Å². The predicted octanol–water partition coefficient (Wildman–Crippen LogP) is 3.64. The number of fused-ring (bicyclic) bond motifs is 6. The number of aromatic amines is 1. The molecule has 3 aromatic carbocycles. The van der Waals surface area contributed by atoms with E-state index in [1.807, 2.05) is 48.7 Å². The number of carbonyl (C=O) groups is 3. The Hall–Kier alpha value is -4.39. The lowest BCUT2D eigenvalue weighted by molar-refractivity contribution is -0.122. The second kappa shape index (κ2) is 7.88. The first-order chi connectivity index (χ1) is 16.6. The smallest absolute Gasteiger partial charge is 0.260 e. The Morgan fingerprint density at radius 2 is 1.62 bits per heavy atom. The van der Waals surface area contributed by atoms with Crippen molar-refractivity contribution in [1.29, 1.82) is 0 Å². The molecule has 2 aliphatic rings. The van der Waals surface area contributed by atoms with Crippen LogP contribution in [0.1, 0.15) is 38.0 Å². The van der Waals surface area contributed by atoms with Gasteiger partial charge in [-0.05, 0) is 36.2 Å². The molecule has 0 radical (unpaired) electrons. The third-order valence-corrected chi connectivity index (χ3v) is 6.59. The predicted molar refractivity (Wildman–Crippen MR) is 128 cm³/mol. The quantitative estimate of drug-likeness (QED) is 0.487. The maximum Gasteiger partial charge on any atom is 0.260 e. The summed E-state index contributed by atoms with van der Waals surface area (Å²) in [7, 11) is 0. The van der Waals surface area contributed by atoms with E-state index in [1.54, 1.807) is 29.2 Å². The first kappa shape index (κ1) is 20.2. The van der Waals surface area contributed by atoms with E-state index in [4.69, 9.17) is 0 Å². The number of carbonyl (C=O) groups excluding carboxylic acids is 3. The van der Waals surface area contributed by atoms with E-state index >= 15 is 0 Å². The van der Waals surface area contributed by atoms with Crippen LogP contribution < -0.4 is 10.2 Å². The van der Waals surface area contributed by atoms with Crippen LogP contribution in [-0.4, -0.2) is 40.7 Å². The van der Waals surface area contributed by atoms with Crippen LogP contribution in [0.15, 0.2) is 79.0 Å². The van der Waals surface area contributed by atoms with Gasteiger partial charge in [0.05, 0.1) is 11.3 Å². The highest BCUT2D eigenvalue weighted by atomic mass is 16.2. The zero-order valence-electron chi connectivity index (χ0n) is 18.3. The van der Waals surface area contributed by atoms with E-state index < -0.39 is 6.17 Å². The number of amides is 3. The molecule has 168 valence electrons. The summed E-state index contributed by atoms with van der Waals surface area (Å²) in [5, 5.41) is 4.08. The molecule has 0 fully saturated rings. The Labute approximate surface area is 196 Å².